The fraction of sp³-hybridized carbons (Fsp3) is 0.321. The molecule has 3 aromatic carbocycles. The molecule has 0 unspecified atom stereocenters. The van der Waals surface area contributed by atoms with Gasteiger partial charge in [0.15, 0.2) is 5.90 Å². The highest BCUT2D eigenvalue weighted by molar-refractivity contribution is 7.73. The smallest absolute Gasteiger partial charge is 0.185 e. The summed E-state index contributed by atoms with van der Waals surface area (Å²) < 4.78 is 21.7. The molecular weight excluding hydrogens is 413 g/mol. The normalized spacial score (nSPS) is 28.8. The van der Waals surface area contributed by atoms with Crippen LogP contribution in [0, 0.1) is 0 Å². The molecule has 1 saturated heterocycles. The molecule has 0 aromatic heterocycles. The number of ether oxygens (including phenoxy) is 1. The third-order valence-corrected chi connectivity index (χ3v) is 11.4. The van der Waals surface area contributed by atoms with Crippen molar-refractivity contribution < 1.29 is 9.30 Å². The molecule has 0 aliphatic carbocycles. The third kappa shape index (κ3) is 3.44. The lowest BCUT2D eigenvalue weighted by Crippen LogP contribution is -2.31. The second-order valence-corrected chi connectivity index (χ2v) is 13.0. The lowest BCUT2D eigenvalue weighted by Gasteiger charge is -2.38. The second kappa shape index (κ2) is 8.05. The van der Waals surface area contributed by atoms with E-state index in [-0.39, 0.29) is 11.2 Å². The van der Waals surface area contributed by atoms with E-state index in [4.69, 9.17) is 9.73 Å². The molecule has 32 heavy (non-hydrogen) atoms. The van der Waals surface area contributed by atoms with Gasteiger partial charge >= 0.3 is 0 Å². The van der Waals surface area contributed by atoms with Crippen LogP contribution in [-0.4, -0.2) is 18.0 Å². The van der Waals surface area contributed by atoms with Crippen LogP contribution in [0.2, 0.25) is 0 Å². The monoisotopic (exact) mass is 443 g/mol. The van der Waals surface area contributed by atoms with Gasteiger partial charge in [-0.25, -0.2) is 4.99 Å². The Labute approximate surface area is 190 Å². The van der Waals surface area contributed by atoms with E-state index in [9.17, 15) is 0 Å². The maximum absolute atomic E-state index is 15.6. The van der Waals surface area contributed by atoms with Gasteiger partial charge in [-0.05, 0) is 37.8 Å². The van der Waals surface area contributed by atoms with Crippen LogP contribution < -0.4 is 5.30 Å². The molecule has 2 aliphatic heterocycles. The van der Waals surface area contributed by atoms with Crippen molar-refractivity contribution in [3.8, 4) is 0 Å². The fourth-order valence-electron chi connectivity index (χ4n) is 5.55. The second-order valence-electron chi connectivity index (χ2n) is 9.64. The van der Waals surface area contributed by atoms with Gasteiger partial charge in [0.05, 0.1) is 10.7 Å². The van der Waals surface area contributed by atoms with Crippen LogP contribution in [-0.2, 0) is 14.5 Å². The van der Waals surface area contributed by atoms with Gasteiger partial charge in [0.1, 0.15) is 13.7 Å². The van der Waals surface area contributed by atoms with Crippen molar-refractivity contribution in [3.05, 3.63) is 102 Å². The van der Waals surface area contributed by atoms with E-state index in [0.717, 1.165) is 35.2 Å². The van der Waals surface area contributed by atoms with Gasteiger partial charge in [-0.1, -0.05) is 91.0 Å². The van der Waals surface area contributed by atoms with Gasteiger partial charge in [-0.2, -0.15) is 0 Å². The molecule has 0 amide bonds. The fourth-order valence-corrected chi connectivity index (χ4v) is 10.1. The van der Waals surface area contributed by atoms with E-state index >= 15 is 4.57 Å². The standard InChI is InChI=1S/C28H30NO2P/c1-27(2)21-31-26(29-27)20-28(23-14-8-4-9-15-23)19-18-25(22-12-6-3-7-13-22)32(28,30)24-16-10-5-11-17-24/h3-17,25H,18-21H2,1-2H3/t25-,28-,32-/m0/s1. The highest BCUT2D eigenvalue weighted by Crippen LogP contribution is 2.79. The average molecular weight is 444 g/mol. The van der Waals surface area contributed by atoms with Crippen molar-refractivity contribution in [1.29, 1.82) is 0 Å². The van der Waals surface area contributed by atoms with Crippen LogP contribution in [0.25, 0.3) is 0 Å². The lowest BCUT2D eigenvalue weighted by molar-refractivity contribution is 0.270. The van der Waals surface area contributed by atoms with Gasteiger partial charge in [0, 0.05) is 17.4 Å². The maximum Gasteiger partial charge on any atom is 0.185 e. The largest absolute Gasteiger partial charge is 0.478 e. The lowest BCUT2D eigenvalue weighted by atomic mass is 9.89. The third-order valence-electron chi connectivity index (χ3n) is 7.00. The van der Waals surface area contributed by atoms with Gasteiger partial charge < -0.3 is 9.30 Å². The topological polar surface area (TPSA) is 38.7 Å². The van der Waals surface area contributed by atoms with Gasteiger partial charge in [0.2, 0.25) is 0 Å². The minimum absolute atomic E-state index is 0.0266. The molecule has 2 heterocycles. The quantitative estimate of drug-likeness (QED) is 0.412. The minimum Gasteiger partial charge on any atom is -0.478 e. The molecule has 0 radical (unpaired) electrons. The van der Waals surface area contributed by atoms with E-state index in [0.29, 0.717) is 13.0 Å². The molecule has 1 fully saturated rings. The van der Waals surface area contributed by atoms with Crippen LogP contribution in [0.1, 0.15) is 49.9 Å². The summed E-state index contributed by atoms with van der Waals surface area (Å²) in [4.78, 5) is 4.88. The van der Waals surface area contributed by atoms with Crippen LogP contribution in [0.15, 0.2) is 96.0 Å². The van der Waals surface area contributed by atoms with Crippen molar-refractivity contribution >= 4 is 18.3 Å². The Balaban J connectivity index is 1.74. The highest BCUT2D eigenvalue weighted by Gasteiger charge is 2.60. The van der Waals surface area contributed by atoms with Crippen LogP contribution >= 0.6 is 7.14 Å². The number of hydrogen-bond acceptors (Lipinski definition) is 3. The molecule has 0 spiro atoms. The Morgan fingerprint density at radius 3 is 2.09 bits per heavy atom. The van der Waals surface area contributed by atoms with Gasteiger partial charge in [0.25, 0.3) is 0 Å². The first kappa shape index (κ1) is 21.2. The Kier molecular flexibility index (Phi) is 5.34. The van der Waals surface area contributed by atoms with E-state index in [1.165, 1.54) is 0 Å². The molecular formula is C28H30NO2P. The minimum atomic E-state index is -2.97. The van der Waals surface area contributed by atoms with Crippen molar-refractivity contribution in [2.45, 2.75) is 49.5 Å². The van der Waals surface area contributed by atoms with Gasteiger partial charge in [-0.3, -0.25) is 0 Å². The molecule has 4 heteroatoms. The van der Waals surface area contributed by atoms with E-state index in [2.05, 4.69) is 74.5 Å². The Bertz CT molecular complexity index is 1160. The number of hydrogen-bond donors (Lipinski definition) is 0. The van der Waals surface area contributed by atoms with Gasteiger partial charge in [-0.15, -0.1) is 0 Å². The zero-order valence-electron chi connectivity index (χ0n) is 18.8. The average Bonchev–Trinajstić information content (AvgIpc) is 3.33. The molecule has 0 bridgehead atoms. The molecule has 3 aromatic rings. The highest BCUT2D eigenvalue weighted by atomic mass is 31.2. The van der Waals surface area contributed by atoms with E-state index in [1.54, 1.807) is 0 Å². The summed E-state index contributed by atoms with van der Waals surface area (Å²) in [5.41, 5.74) is 2.02. The maximum atomic E-state index is 15.6. The Morgan fingerprint density at radius 1 is 0.906 bits per heavy atom. The van der Waals surface area contributed by atoms with Crippen LogP contribution in [0.3, 0.4) is 0 Å². The predicted molar refractivity (Wildman–Crippen MR) is 132 cm³/mol. The molecule has 3 atom stereocenters. The summed E-state index contributed by atoms with van der Waals surface area (Å²) in [7, 11) is -2.97. The zero-order valence-corrected chi connectivity index (χ0v) is 19.7. The summed E-state index contributed by atoms with van der Waals surface area (Å²) >= 11 is 0. The molecule has 164 valence electrons. The number of nitrogens with zero attached hydrogens (tertiary/aromatic N) is 1. The van der Waals surface area contributed by atoms with E-state index < -0.39 is 12.3 Å². The summed E-state index contributed by atoms with van der Waals surface area (Å²) in [5, 5.41) is 0.406. The van der Waals surface area contributed by atoms with E-state index in [1.807, 2.05) is 30.3 Å². The first-order valence-electron chi connectivity index (χ1n) is 11.4. The number of benzene rings is 3. The summed E-state index contributed by atoms with van der Waals surface area (Å²) in [6.45, 7) is 4.76. The van der Waals surface area contributed by atoms with Crippen molar-refractivity contribution in [2.75, 3.05) is 6.61 Å². The number of aliphatic imine (C=N–C) groups is 1. The molecule has 2 aliphatic rings. The molecule has 5 rings (SSSR count). The Hall–Kier alpha value is -2.64. The number of rotatable bonds is 5. The SMILES string of the molecule is CC1(C)COC(C[C@]2(c3ccccc3)CC[C@@H](c3ccccc3)[P@@]2(=O)c2ccccc2)=N1. The molecule has 0 saturated carbocycles. The van der Waals surface area contributed by atoms with Crippen molar-refractivity contribution in [2.24, 2.45) is 4.99 Å². The first-order chi connectivity index (χ1) is 15.4. The predicted octanol–water partition coefficient (Wildman–Crippen LogP) is 6.70. The van der Waals surface area contributed by atoms with Crippen molar-refractivity contribution in [1.82, 2.24) is 0 Å². The van der Waals surface area contributed by atoms with Crippen molar-refractivity contribution in [3.63, 3.8) is 0 Å². The summed E-state index contributed by atoms with van der Waals surface area (Å²) in [6.07, 6.45) is 2.28. The van der Waals surface area contributed by atoms with Crippen LogP contribution in [0.5, 0.6) is 0 Å². The molecule has 0 N–H and O–H groups in total. The first-order valence-corrected chi connectivity index (χ1v) is 13.2. The zero-order chi connectivity index (χ0) is 22.2. The summed E-state index contributed by atoms with van der Waals surface area (Å²) in [6, 6.07) is 31.0. The van der Waals surface area contributed by atoms with Crippen LogP contribution in [0.4, 0.5) is 0 Å². The summed E-state index contributed by atoms with van der Waals surface area (Å²) in [5.74, 6) is 0.740. The Morgan fingerprint density at radius 2 is 1.50 bits per heavy atom. The molecule has 3 nitrogen and oxygen atoms in total.